The van der Waals surface area contributed by atoms with E-state index in [4.69, 9.17) is 22.2 Å². The minimum Gasteiger partial charge on any atom is -0.444 e. The molecule has 4 atom stereocenters. The predicted octanol–water partition coefficient (Wildman–Crippen LogP) is 3.82. The van der Waals surface area contributed by atoms with E-state index in [0.29, 0.717) is 0 Å². The zero-order valence-corrected chi connectivity index (χ0v) is 21.0. The van der Waals surface area contributed by atoms with Gasteiger partial charge in [-0.15, -0.1) is 0 Å². The molecule has 10 heteroatoms. The molecule has 0 spiro atoms. The predicted molar refractivity (Wildman–Crippen MR) is 109 cm³/mol. The lowest BCUT2D eigenvalue weighted by atomic mass is 10.1. The number of hydrogen-bond acceptors (Lipinski definition) is 7. The van der Waals surface area contributed by atoms with Gasteiger partial charge in [-0.3, -0.25) is 0 Å². The maximum absolute atomic E-state index is 12.7. The zero-order valence-electron chi connectivity index (χ0n) is 17.2. The van der Waals surface area contributed by atoms with Crippen LogP contribution in [0.25, 0.3) is 0 Å². The number of carbonyl (C=O) groups excluding carboxylic acids is 1. The summed E-state index contributed by atoms with van der Waals surface area (Å²) in [5, 5.41) is 0. The Balaban J connectivity index is 3.25. The van der Waals surface area contributed by atoms with Crippen LogP contribution >= 0.6 is 12.0 Å². The van der Waals surface area contributed by atoms with Crippen LogP contribution in [0.4, 0.5) is 0 Å². The second kappa shape index (κ2) is 8.55. The number of ether oxygens (including phenoxy) is 1. The zero-order chi connectivity index (χ0) is 19.6. The molecule has 1 rings (SSSR count). The van der Waals surface area contributed by atoms with Crippen LogP contribution in [0.15, 0.2) is 0 Å². The minimum atomic E-state index is -1.98. The highest BCUT2D eigenvalue weighted by molar-refractivity contribution is 7.95. The maximum atomic E-state index is 12.7. The molecular formula is C15H34O6SSi3. The Labute approximate surface area is 159 Å². The molecule has 1 fully saturated rings. The summed E-state index contributed by atoms with van der Waals surface area (Å²) < 4.78 is 29.8. The third kappa shape index (κ3) is 8.24. The molecule has 0 aliphatic carbocycles. The number of cyclic esters (lactones) is 1. The lowest BCUT2D eigenvalue weighted by Gasteiger charge is -2.46. The number of rotatable bonds is 8. The van der Waals surface area contributed by atoms with Crippen molar-refractivity contribution in [3.63, 3.8) is 0 Å². The molecule has 1 saturated heterocycles. The SMILES string of the molecule is COS[C@H]1OC(=O)[C@H](O[Si](C)(C)C)[C@@H](O[Si](C)(C)C)[C@@H]1O[Si](C)(C)C. The molecule has 0 saturated carbocycles. The lowest BCUT2D eigenvalue weighted by molar-refractivity contribution is -0.184. The number of esters is 1. The molecule has 0 bridgehead atoms. The van der Waals surface area contributed by atoms with E-state index in [9.17, 15) is 4.79 Å². The van der Waals surface area contributed by atoms with Gasteiger partial charge in [0.15, 0.2) is 36.5 Å². The van der Waals surface area contributed by atoms with Crippen LogP contribution in [-0.2, 0) is 27.0 Å². The van der Waals surface area contributed by atoms with Gasteiger partial charge in [0, 0.05) is 12.0 Å². The highest BCUT2D eigenvalue weighted by atomic mass is 32.2. The minimum absolute atomic E-state index is 0.393. The molecule has 6 nitrogen and oxygen atoms in total. The molecule has 0 radical (unpaired) electrons. The van der Waals surface area contributed by atoms with Crippen LogP contribution in [0.5, 0.6) is 0 Å². The van der Waals surface area contributed by atoms with Gasteiger partial charge in [-0.2, -0.15) is 0 Å². The van der Waals surface area contributed by atoms with E-state index in [0.717, 1.165) is 12.0 Å². The summed E-state index contributed by atoms with van der Waals surface area (Å²) in [4.78, 5) is 12.7. The van der Waals surface area contributed by atoms with Crippen LogP contribution < -0.4 is 0 Å². The number of hydrogen-bond donors (Lipinski definition) is 0. The van der Waals surface area contributed by atoms with Crippen molar-refractivity contribution in [3.05, 3.63) is 0 Å². The van der Waals surface area contributed by atoms with Gasteiger partial charge in [-0.1, -0.05) is 0 Å². The van der Waals surface area contributed by atoms with Crippen molar-refractivity contribution in [3.8, 4) is 0 Å². The molecule has 0 aromatic rings. The molecule has 0 N–H and O–H groups in total. The maximum Gasteiger partial charge on any atom is 0.338 e. The van der Waals surface area contributed by atoms with Crippen molar-refractivity contribution < 1.29 is 27.0 Å². The first-order chi connectivity index (χ1) is 11.1. The first-order valence-corrected chi connectivity index (χ1v) is 19.6. The molecular weight excluding hydrogens is 392 g/mol. The Morgan fingerprint density at radius 1 is 0.800 bits per heavy atom. The Hall–Kier alpha value is 0.311. The molecule has 1 aliphatic heterocycles. The monoisotopic (exact) mass is 426 g/mol. The van der Waals surface area contributed by atoms with Gasteiger partial charge in [0.05, 0.1) is 7.11 Å². The quantitative estimate of drug-likeness (QED) is 0.332. The van der Waals surface area contributed by atoms with Crippen LogP contribution in [0.3, 0.4) is 0 Å². The van der Waals surface area contributed by atoms with Crippen LogP contribution in [-0.4, -0.2) is 61.8 Å². The van der Waals surface area contributed by atoms with Gasteiger partial charge < -0.3 is 22.2 Å². The summed E-state index contributed by atoms with van der Waals surface area (Å²) in [6.07, 6.45) is -1.66. The average Bonchev–Trinajstić information content (AvgIpc) is 2.34. The van der Waals surface area contributed by atoms with Gasteiger partial charge in [0.25, 0.3) is 0 Å². The second-order valence-electron chi connectivity index (χ2n) is 9.11. The fraction of sp³-hybridized carbons (Fsp3) is 0.933. The summed E-state index contributed by atoms with van der Waals surface area (Å²) in [5.41, 5.74) is -0.563. The van der Waals surface area contributed by atoms with Crippen molar-refractivity contribution >= 4 is 43.0 Å². The lowest BCUT2D eigenvalue weighted by Crippen LogP contribution is -2.63. The van der Waals surface area contributed by atoms with Gasteiger partial charge >= 0.3 is 5.97 Å². The normalized spacial score (nSPS) is 28.8. The largest absolute Gasteiger partial charge is 0.444 e. The van der Waals surface area contributed by atoms with Crippen molar-refractivity contribution in [1.29, 1.82) is 0 Å². The first-order valence-electron chi connectivity index (χ1n) is 8.56. The molecule has 1 heterocycles. The summed E-state index contributed by atoms with van der Waals surface area (Å²) in [6, 6.07) is 0. The summed E-state index contributed by atoms with van der Waals surface area (Å²) in [5.74, 6) is -0.393. The molecule has 25 heavy (non-hydrogen) atoms. The summed E-state index contributed by atoms with van der Waals surface area (Å²) in [6.45, 7) is 18.8. The van der Waals surface area contributed by atoms with Crippen molar-refractivity contribution in [2.45, 2.75) is 82.7 Å². The number of carbonyl (C=O) groups is 1. The van der Waals surface area contributed by atoms with E-state index < -0.39 is 54.7 Å². The topological polar surface area (TPSA) is 63.2 Å². The molecule has 0 unspecified atom stereocenters. The van der Waals surface area contributed by atoms with Crippen molar-refractivity contribution in [2.75, 3.05) is 7.11 Å². The Morgan fingerprint density at radius 2 is 1.24 bits per heavy atom. The smallest absolute Gasteiger partial charge is 0.338 e. The van der Waals surface area contributed by atoms with E-state index in [-0.39, 0.29) is 0 Å². The standard InChI is InChI=1S/C15H34O6SSi3/c1-17-22-15-13(21-25(8,9)10)11(19-23(2,3)4)12(14(16)18-15)20-24(5,6)7/h11-13,15H,1-10H3/t11-,12-,13+,15-/m1/s1. The third-order valence-electron chi connectivity index (χ3n) is 3.01. The van der Waals surface area contributed by atoms with Crippen LogP contribution in [0.2, 0.25) is 58.9 Å². The summed E-state index contributed by atoms with van der Waals surface area (Å²) >= 11 is 1.10. The molecule has 148 valence electrons. The fourth-order valence-corrected chi connectivity index (χ4v) is 6.33. The molecule has 0 aromatic heterocycles. The fourth-order valence-electron chi connectivity index (χ4n) is 2.44. The third-order valence-corrected chi connectivity index (χ3v) is 6.67. The van der Waals surface area contributed by atoms with E-state index in [1.54, 1.807) is 7.11 Å². The Kier molecular flexibility index (Phi) is 7.98. The van der Waals surface area contributed by atoms with E-state index >= 15 is 0 Å². The van der Waals surface area contributed by atoms with E-state index in [2.05, 4.69) is 58.9 Å². The van der Waals surface area contributed by atoms with Gasteiger partial charge in [0.2, 0.25) is 0 Å². The van der Waals surface area contributed by atoms with Gasteiger partial charge in [-0.25, -0.2) is 4.79 Å². The van der Waals surface area contributed by atoms with Gasteiger partial charge in [0.1, 0.15) is 12.2 Å². The van der Waals surface area contributed by atoms with Crippen molar-refractivity contribution in [1.82, 2.24) is 0 Å². The molecule has 0 amide bonds. The first kappa shape index (κ1) is 23.4. The van der Waals surface area contributed by atoms with Crippen molar-refractivity contribution in [2.24, 2.45) is 0 Å². The molecule has 1 aliphatic rings. The highest BCUT2D eigenvalue weighted by Gasteiger charge is 2.52. The Morgan fingerprint density at radius 3 is 1.64 bits per heavy atom. The van der Waals surface area contributed by atoms with E-state index in [1.807, 2.05) is 0 Å². The van der Waals surface area contributed by atoms with Gasteiger partial charge in [-0.05, 0) is 58.9 Å². The van der Waals surface area contributed by atoms with E-state index in [1.165, 1.54) is 0 Å². The second-order valence-corrected chi connectivity index (χ2v) is 23.5. The van der Waals surface area contributed by atoms with Crippen LogP contribution in [0.1, 0.15) is 0 Å². The molecule has 0 aromatic carbocycles. The highest BCUT2D eigenvalue weighted by Crippen LogP contribution is 2.35. The summed E-state index contributed by atoms with van der Waals surface area (Å²) in [7, 11) is -4.28. The average molecular weight is 427 g/mol. The van der Waals surface area contributed by atoms with Crippen LogP contribution in [0, 0.1) is 0 Å². The Bertz CT molecular complexity index is 458.